The molecule has 0 aliphatic heterocycles. The third kappa shape index (κ3) is 4.42. The van der Waals surface area contributed by atoms with Crippen LogP contribution in [0.3, 0.4) is 0 Å². The van der Waals surface area contributed by atoms with Crippen molar-refractivity contribution in [3.05, 3.63) is 28.8 Å². The first kappa shape index (κ1) is 16.3. The lowest BCUT2D eigenvalue weighted by Gasteiger charge is -2.16. The summed E-state index contributed by atoms with van der Waals surface area (Å²) in [7, 11) is 1.45. The molecule has 2 N–H and O–H groups in total. The van der Waals surface area contributed by atoms with E-state index in [2.05, 4.69) is 5.32 Å². The van der Waals surface area contributed by atoms with Crippen molar-refractivity contribution in [1.29, 1.82) is 0 Å². The number of ether oxygens (including phenoxy) is 1. The average molecular weight is 300 g/mol. The van der Waals surface area contributed by atoms with Gasteiger partial charge in [0.25, 0.3) is 5.91 Å². The number of carbonyl (C=O) groups excluding carboxylic acids is 1. The Kier molecular flexibility index (Phi) is 5.82. The molecule has 0 bridgehead atoms. The third-order valence-electron chi connectivity index (χ3n) is 2.72. The molecular weight excluding hydrogens is 282 g/mol. The molecule has 1 amide bonds. The summed E-state index contributed by atoms with van der Waals surface area (Å²) in [5.41, 5.74) is 0.307. The molecule has 1 aromatic carbocycles. The quantitative estimate of drug-likeness (QED) is 0.846. The summed E-state index contributed by atoms with van der Waals surface area (Å²) in [4.78, 5) is 23.2. The topological polar surface area (TPSA) is 75.6 Å². The van der Waals surface area contributed by atoms with Gasteiger partial charge in [-0.1, -0.05) is 25.4 Å². The Bertz CT molecular complexity index is 502. The van der Waals surface area contributed by atoms with Crippen molar-refractivity contribution < 1.29 is 19.4 Å². The Morgan fingerprint density at radius 3 is 2.55 bits per heavy atom. The van der Waals surface area contributed by atoms with E-state index >= 15 is 0 Å². The fourth-order valence-electron chi connectivity index (χ4n) is 1.74. The number of methoxy groups -OCH3 is 1. The van der Waals surface area contributed by atoms with Crippen LogP contribution in [-0.4, -0.2) is 30.1 Å². The molecule has 0 aliphatic rings. The normalized spacial score (nSPS) is 12.1. The van der Waals surface area contributed by atoms with Gasteiger partial charge in [0, 0.05) is 5.56 Å². The first-order valence-corrected chi connectivity index (χ1v) is 6.60. The first-order valence-electron chi connectivity index (χ1n) is 6.22. The van der Waals surface area contributed by atoms with Crippen molar-refractivity contribution in [2.24, 2.45) is 5.92 Å². The molecule has 5 nitrogen and oxygen atoms in total. The zero-order valence-electron chi connectivity index (χ0n) is 11.6. The number of rotatable bonds is 6. The van der Waals surface area contributed by atoms with E-state index in [1.165, 1.54) is 25.3 Å². The summed E-state index contributed by atoms with van der Waals surface area (Å²) in [6, 6.07) is 3.62. The van der Waals surface area contributed by atoms with E-state index in [-0.39, 0.29) is 5.92 Å². The Morgan fingerprint density at radius 2 is 2.05 bits per heavy atom. The molecule has 0 heterocycles. The second-order valence-electron chi connectivity index (χ2n) is 4.84. The molecule has 0 unspecified atom stereocenters. The average Bonchev–Trinajstić information content (AvgIpc) is 2.37. The first-order chi connectivity index (χ1) is 9.35. The highest BCUT2D eigenvalue weighted by Gasteiger charge is 2.22. The van der Waals surface area contributed by atoms with E-state index in [1.807, 2.05) is 13.8 Å². The van der Waals surface area contributed by atoms with Crippen LogP contribution in [0.15, 0.2) is 18.2 Å². The van der Waals surface area contributed by atoms with E-state index < -0.39 is 17.9 Å². The highest BCUT2D eigenvalue weighted by molar-refractivity contribution is 6.32. The molecule has 0 saturated carbocycles. The molecule has 1 atom stereocenters. The lowest BCUT2D eigenvalue weighted by molar-refractivity contribution is -0.139. The minimum Gasteiger partial charge on any atom is -0.495 e. The van der Waals surface area contributed by atoms with E-state index in [0.717, 1.165) is 0 Å². The van der Waals surface area contributed by atoms with Gasteiger partial charge in [0.1, 0.15) is 11.8 Å². The van der Waals surface area contributed by atoms with Crippen molar-refractivity contribution in [2.75, 3.05) is 7.11 Å². The monoisotopic (exact) mass is 299 g/mol. The molecule has 0 aliphatic carbocycles. The van der Waals surface area contributed by atoms with E-state index in [1.54, 1.807) is 0 Å². The van der Waals surface area contributed by atoms with Crippen molar-refractivity contribution in [1.82, 2.24) is 5.32 Å². The number of carboxylic acids is 1. The number of amides is 1. The molecule has 0 spiro atoms. The maximum Gasteiger partial charge on any atom is 0.326 e. The van der Waals surface area contributed by atoms with Gasteiger partial charge in [-0.2, -0.15) is 0 Å². The molecule has 0 saturated heterocycles. The van der Waals surface area contributed by atoms with Crippen LogP contribution in [0, 0.1) is 5.92 Å². The van der Waals surface area contributed by atoms with Gasteiger partial charge in [-0.05, 0) is 30.5 Å². The number of halogens is 1. The number of hydrogen-bond donors (Lipinski definition) is 2. The highest BCUT2D eigenvalue weighted by atomic mass is 35.5. The molecule has 0 radical (unpaired) electrons. The largest absolute Gasteiger partial charge is 0.495 e. The smallest absolute Gasteiger partial charge is 0.326 e. The predicted octanol–water partition coefficient (Wildman–Crippen LogP) is 2.58. The maximum absolute atomic E-state index is 12.0. The van der Waals surface area contributed by atoms with Gasteiger partial charge in [-0.3, -0.25) is 4.79 Å². The lowest BCUT2D eigenvalue weighted by Crippen LogP contribution is -2.41. The van der Waals surface area contributed by atoms with E-state index in [0.29, 0.717) is 22.8 Å². The van der Waals surface area contributed by atoms with Crippen LogP contribution >= 0.6 is 11.6 Å². The Balaban J connectivity index is 2.86. The molecule has 110 valence electrons. The maximum atomic E-state index is 12.0. The summed E-state index contributed by atoms with van der Waals surface area (Å²) < 4.78 is 5.02. The fourth-order valence-corrected chi connectivity index (χ4v) is 1.93. The van der Waals surface area contributed by atoms with Crippen LogP contribution < -0.4 is 10.1 Å². The van der Waals surface area contributed by atoms with E-state index in [9.17, 15) is 9.59 Å². The van der Waals surface area contributed by atoms with Crippen molar-refractivity contribution in [3.63, 3.8) is 0 Å². The minimum atomic E-state index is -1.05. The highest BCUT2D eigenvalue weighted by Crippen LogP contribution is 2.25. The van der Waals surface area contributed by atoms with Gasteiger partial charge >= 0.3 is 5.97 Å². The predicted molar refractivity (Wildman–Crippen MR) is 76.3 cm³/mol. The number of nitrogens with one attached hydrogen (secondary N) is 1. The molecule has 1 rings (SSSR count). The zero-order valence-corrected chi connectivity index (χ0v) is 12.4. The third-order valence-corrected chi connectivity index (χ3v) is 3.04. The SMILES string of the molecule is COc1cc(C(=O)N[C@@H](CC(C)C)C(=O)O)ccc1Cl. The van der Waals surface area contributed by atoms with Crippen molar-refractivity contribution in [2.45, 2.75) is 26.3 Å². The van der Waals surface area contributed by atoms with Crippen LogP contribution in [-0.2, 0) is 4.79 Å². The zero-order chi connectivity index (χ0) is 15.3. The molecule has 0 aromatic heterocycles. The van der Waals surface area contributed by atoms with Crippen LogP contribution in [0.1, 0.15) is 30.6 Å². The molecule has 1 aromatic rings. The Morgan fingerprint density at radius 1 is 1.40 bits per heavy atom. The van der Waals surface area contributed by atoms with Gasteiger partial charge in [-0.25, -0.2) is 4.79 Å². The summed E-state index contributed by atoms with van der Waals surface area (Å²) in [6.45, 7) is 3.79. The second-order valence-corrected chi connectivity index (χ2v) is 5.25. The summed E-state index contributed by atoms with van der Waals surface area (Å²) in [6.07, 6.45) is 0.367. The summed E-state index contributed by atoms with van der Waals surface area (Å²) >= 11 is 5.88. The molecule has 0 fully saturated rings. The number of aliphatic carboxylic acids is 1. The summed E-state index contributed by atoms with van der Waals surface area (Å²) in [5.74, 6) is -0.979. The van der Waals surface area contributed by atoms with E-state index in [4.69, 9.17) is 21.4 Å². The molecular formula is C14H18ClNO4. The number of carbonyl (C=O) groups is 2. The molecule has 20 heavy (non-hydrogen) atoms. The fraction of sp³-hybridized carbons (Fsp3) is 0.429. The van der Waals surface area contributed by atoms with Crippen molar-refractivity contribution >= 4 is 23.5 Å². The van der Waals surface area contributed by atoms with Crippen LogP contribution in [0.2, 0.25) is 5.02 Å². The van der Waals surface area contributed by atoms with Gasteiger partial charge in [-0.15, -0.1) is 0 Å². The van der Waals surface area contributed by atoms with Crippen molar-refractivity contribution in [3.8, 4) is 5.75 Å². The number of carboxylic acid groups (broad SMARTS) is 1. The Hall–Kier alpha value is -1.75. The van der Waals surface area contributed by atoms with Gasteiger partial charge in [0.05, 0.1) is 12.1 Å². The van der Waals surface area contributed by atoms with Crippen LogP contribution in [0.25, 0.3) is 0 Å². The van der Waals surface area contributed by atoms with Gasteiger partial charge in [0.2, 0.25) is 0 Å². The summed E-state index contributed by atoms with van der Waals surface area (Å²) in [5, 5.41) is 12.0. The minimum absolute atomic E-state index is 0.163. The van der Waals surface area contributed by atoms with Crippen LogP contribution in [0.5, 0.6) is 5.75 Å². The number of hydrogen-bond acceptors (Lipinski definition) is 3. The van der Waals surface area contributed by atoms with Gasteiger partial charge < -0.3 is 15.2 Å². The second kappa shape index (κ2) is 7.14. The number of benzene rings is 1. The lowest BCUT2D eigenvalue weighted by atomic mass is 10.0. The molecule has 6 heteroatoms. The standard InChI is InChI=1S/C14H18ClNO4/c1-8(2)6-11(14(18)19)16-13(17)9-4-5-10(15)12(7-9)20-3/h4-5,7-8,11H,6H2,1-3H3,(H,16,17)(H,18,19)/t11-/m0/s1. The van der Waals surface area contributed by atoms with Crippen LogP contribution in [0.4, 0.5) is 0 Å². The Labute approximate surface area is 122 Å². The van der Waals surface area contributed by atoms with Gasteiger partial charge in [0.15, 0.2) is 0 Å².